The van der Waals surface area contributed by atoms with Gasteiger partial charge in [-0.2, -0.15) is 31.6 Å². The van der Waals surface area contributed by atoms with Gasteiger partial charge in [0.15, 0.2) is 0 Å². The summed E-state index contributed by atoms with van der Waals surface area (Å²) >= 11 is 0. The number of hydrogen-bond acceptors (Lipinski definition) is 6. The normalized spacial score (nSPS) is 20.0. The third-order valence-corrected chi connectivity index (χ3v) is 7.92. The maximum absolute atomic E-state index is 13.3. The molecule has 6 nitrogen and oxygen atoms in total. The Hall–Kier alpha value is -3.98. The van der Waals surface area contributed by atoms with Crippen molar-refractivity contribution in [3.05, 3.63) is 83.2 Å². The molecule has 0 radical (unpaired) electrons. The van der Waals surface area contributed by atoms with E-state index in [0.717, 1.165) is 81.3 Å². The lowest BCUT2D eigenvalue weighted by Crippen LogP contribution is -2.46. The van der Waals surface area contributed by atoms with Gasteiger partial charge < -0.3 is 15.0 Å². The van der Waals surface area contributed by atoms with Crippen LogP contribution in [0.15, 0.2) is 60.9 Å². The molecule has 0 atom stereocenters. The molecule has 228 valence electrons. The van der Waals surface area contributed by atoms with Crippen LogP contribution in [0.5, 0.6) is 5.75 Å². The average Bonchev–Trinajstić information content (AvgIpc) is 2.98. The average molecular weight is 604 g/mol. The Bertz CT molecular complexity index is 1420. The summed E-state index contributed by atoms with van der Waals surface area (Å²) in [5.74, 6) is 0.656. The lowest BCUT2D eigenvalue weighted by Gasteiger charge is -2.36. The molecular formula is C31H31F6N5O. The van der Waals surface area contributed by atoms with E-state index in [1.165, 1.54) is 24.3 Å². The molecule has 2 fully saturated rings. The molecule has 0 unspecified atom stereocenters. The standard InChI is InChI=1S/C31H31F6N5O/c32-30(33,34)23-4-1-21(2-5-23)20-41-11-13-42(14-12-41)26-16-28(19-39-18-26)43-27-9-7-24(8-10-27)40-25-6-3-22(17-38)29(15-25)31(35,36)37/h1-6,15-16,18-19,24,27,40H,7-14,20H2/t24-,27-. The van der Waals surface area contributed by atoms with E-state index in [4.69, 9.17) is 10.00 Å². The first-order chi connectivity index (χ1) is 20.5. The van der Waals surface area contributed by atoms with E-state index in [1.807, 2.05) is 6.07 Å². The molecule has 0 amide bonds. The van der Waals surface area contributed by atoms with Crippen molar-refractivity contribution in [3.8, 4) is 11.8 Å². The van der Waals surface area contributed by atoms with Gasteiger partial charge in [-0.15, -0.1) is 0 Å². The molecule has 0 spiro atoms. The molecule has 5 rings (SSSR count). The summed E-state index contributed by atoms with van der Waals surface area (Å²) < 4.78 is 84.6. The quantitative estimate of drug-likeness (QED) is 0.291. The smallest absolute Gasteiger partial charge is 0.417 e. The fourth-order valence-electron chi connectivity index (χ4n) is 5.59. The molecule has 1 aliphatic carbocycles. The largest absolute Gasteiger partial charge is 0.489 e. The van der Waals surface area contributed by atoms with E-state index in [9.17, 15) is 26.3 Å². The Morgan fingerprint density at radius 1 is 0.860 bits per heavy atom. The van der Waals surface area contributed by atoms with Crippen LogP contribution in [0, 0.1) is 11.3 Å². The third kappa shape index (κ3) is 7.90. The number of pyridine rings is 1. The Kier molecular flexibility index (Phi) is 9.01. The van der Waals surface area contributed by atoms with Gasteiger partial charge in [-0.25, -0.2) is 0 Å². The van der Waals surface area contributed by atoms with Crippen LogP contribution >= 0.6 is 0 Å². The summed E-state index contributed by atoms with van der Waals surface area (Å²) in [6.07, 6.45) is -2.62. The number of ether oxygens (including phenoxy) is 1. The second-order valence-electron chi connectivity index (χ2n) is 10.9. The minimum atomic E-state index is -4.60. The number of anilines is 2. The van der Waals surface area contributed by atoms with E-state index in [0.29, 0.717) is 18.0 Å². The van der Waals surface area contributed by atoms with Crippen molar-refractivity contribution in [2.24, 2.45) is 0 Å². The number of nitriles is 1. The summed E-state index contributed by atoms with van der Waals surface area (Å²) in [6, 6.07) is 12.5. The summed E-state index contributed by atoms with van der Waals surface area (Å²) in [5, 5.41) is 12.2. The molecule has 2 aromatic carbocycles. The Balaban J connectivity index is 1.09. The minimum absolute atomic E-state index is 0.00259. The van der Waals surface area contributed by atoms with Crippen LogP contribution in [0.3, 0.4) is 0 Å². The predicted molar refractivity (Wildman–Crippen MR) is 150 cm³/mol. The molecule has 1 aromatic heterocycles. The lowest BCUT2D eigenvalue weighted by atomic mass is 9.92. The number of nitrogens with one attached hydrogen (secondary N) is 1. The maximum atomic E-state index is 13.3. The second-order valence-corrected chi connectivity index (χ2v) is 10.9. The molecule has 2 heterocycles. The number of hydrogen-bond donors (Lipinski definition) is 1. The molecule has 43 heavy (non-hydrogen) atoms. The number of alkyl halides is 6. The van der Waals surface area contributed by atoms with Gasteiger partial charge >= 0.3 is 12.4 Å². The highest BCUT2D eigenvalue weighted by molar-refractivity contribution is 5.53. The maximum Gasteiger partial charge on any atom is 0.417 e. The molecule has 1 saturated carbocycles. The Morgan fingerprint density at radius 2 is 1.56 bits per heavy atom. The zero-order chi connectivity index (χ0) is 30.6. The van der Waals surface area contributed by atoms with Crippen LogP contribution in [0.4, 0.5) is 37.7 Å². The molecule has 0 bridgehead atoms. The van der Waals surface area contributed by atoms with Crippen molar-refractivity contribution in [3.63, 3.8) is 0 Å². The first-order valence-electron chi connectivity index (χ1n) is 14.1. The van der Waals surface area contributed by atoms with Crippen molar-refractivity contribution in [2.45, 2.75) is 56.7 Å². The Morgan fingerprint density at radius 3 is 2.19 bits per heavy atom. The van der Waals surface area contributed by atoms with Crippen LogP contribution in [0.1, 0.15) is 47.9 Å². The summed E-state index contributed by atoms with van der Waals surface area (Å²) in [4.78, 5) is 8.77. The van der Waals surface area contributed by atoms with Gasteiger partial charge in [-0.05, 0) is 61.6 Å². The van der Waals surface area contributed by atoms with E-state index >= 15 is 0 Å². The van der Waals surface area contributed by atoms with Crippen LogP contribution in [-0.4, -0.2) is 48.2 Å². The number of halogens is 6. The van der Waals surface area contributed by atoms with Gasteiger partial charge in [-0.3, -0.25) is 9.88 Å². The van der Waals surface area contributed by atoms with Crippen LogP contribution in [-0.2, 0) is 18.9 Å². The van der Waals surface area contributed by atoms with Crippen molar-refractivity contribution in [2.75, 3.05) is 36.4 Å². The van der Waals surface area contributed by atoms with E-state index in [2.05, 4.69) is 20.1 Å². The fraction of sp³-hybridized carbons (Fsp3) is 0.419. The summed E-state index contributed by atoms with van der Waals surface area (Å²) in [6.45, 7) is 3.58. The highest BCUT2D eigenvalue weighted by Gasteiger charge is 2.34. The fourth-order valence-corrected chi connectivity index (χ4v) is 5.59. The minimum Gasteiger partial charge on any atom is -0.489 e. The molecule has 1 N–H and O–H groups in total. The lowest BCUT2D eigenvalue weighted by molar-refractivity contribution is -0.138. The van der Waals surface area contributed by atoms with E-state index < -0.39 is 29.0 Å². The van der Waals surface area contributed by atoms with Gasteiger partial charge in [0.1, 0.15) is 5.75 Å². The van der Waals surface area contributed by atoms with Gasteiger partial charge in [0.2, 0.25) is 0 Å². The predicted octanol–water partition coefficient (Wildman–Crippen LogP) is 7.12. The van der Waals surface area contributed by atoms with E-state index in [1.54, 1.807) is 18.5 Å². The Labute approximate surface area is 245 Å². The number of nitrogens with zero attached hydrogens (tertiary/aromatic N) is 4. The molecule has 1 aliphatic heterocycles. The number of piperazine rings is 1. The SMILES string of the molecule is N#Cc1ccc(N[C@H]2CC[C@H](Oc3cncc(N4CCN(Cc5ccc(C(F)(F)F)cc5)CC4)c3)CC2)cc1C(F)(F)F. The van der Waals surface area contributed by atoms with Gasteiger partial charge in [-0.1, -0.05) is 12.1 Å². The monoisotopic (exact) mass is 603 g/mol. The highest BCUT2D eigenvalue weighted by atomic mass is 19.4. The van der Waals surface area contributed by atoms with E-state index in [-0.39, 0.29) is 12.1 Å². The molecule has 12 heteroatoms. The summed E-state index contributed by atoms with van der Waals surface area (Å²) in [5.41, 5.74) is 0.129. The molecule has 2 aliphatic rings. The molecule has 3 aromatic rings. The van der Waals surface area contributed by atoms with Crippen LogP contribution < -0.4 is 15.0 Å². The number of aromatic nitrogens is 1. The first-order valence-corrected chi connectivity index (χ1v) is 14.1. The number of rotatable bonds is 7. The topological polar surface area (TPSA) is 64.4 Å². The number of benzene rings is 2. The zero-order valence-corrected chi connectivity index (χ0v) is 23.3. The van der Waals surface area contributed by atoms with Crippen LogP contribution in [0.25, 0.3) is 0 Å². The second kappa shape index (κ2) is 12.7. The van der Waals surface area contributed by atoms with Crippen molar-refractivity contribution in [1.29, 1.82) is 5.26 Å². The van der Waals surface area contributed by atoms with Gasteiger partial charge in [0, 0.05) is 50.5 Å². The summed E-state index contributed by atoms with van der Waals surface area (Å²) in [7, 11) is 0. The van der Waals surface area contributed by atoms with Gasteiger partial charge in [0.05, 0.1) is 46.9 Å². The highest BCUT2D eigenvalue weighted by Crippen LogP contribution is 2.35. The first kappa shape index (κ1) is 30.5. The van der Waals surface area contributed by atoms with Crippen molar-refractivity contribution < 1.29 is 31.1 Å². The van der Waals surface area contributed by atoms with Crippen LogP contribution in [0.2, 0.25) is 0 Å². The van der Waals surface area contributed by atoms with Crippen molar-refractivity contribution in [1.82, 2.24) is 9.88 Å². The van der Waals surface area contributed by atoms with Crippen molar-refractivity contribution >= 4 is 11.4 Å². The third-order valence-electron chi connectivity index (χ3n) is 7.92. The molecular weight excluding hydrogens is 572 g/mol. The molecule has 1 saturated heterocycles. The zero-order valence-electron chi connectivity index (χ0n) is 23.3. The van der Waals surface area contributed by atoms with Gasteiger partial charge in [0.25, 0.3) is 0 Å².